The van der Waals surface area contributed by atoms with Gasteiger partial charge in [-0.05, 0) is 24.8 Å². The molecule has 0 amide bonds. The van der Waals surface area contributed by atoms with Gasteiger partial charge in [0.25, 0.3) is 0 Å². The highest BCUT2D eigenvalue weighted by Crippen LogP contribution is 2.22. The Kier molecular flexibility index (Phi) is 4.86. The molecule has 1 fully saturated rings. The lowest BCUT2D eigenvalue weighted by molar-refractivity contribution is 0.0862. The molecule has 0 radical (unpaired) electrons. The number of aromatic nitrogens is 2. The summed E-state index contributed by atoms with van der Waals surface area (Å²) in [5, 5.41) is 4.12. The summed E-state index contributed by atoms with van der Waals surface area (Å²) in [6, 6.07) is 1.81. The van der Waals surface area contributed by atoms with E-state index in [0.717, 1.165) is 25.7 Å². The van der Waals surface area contributed by atoms with Gasteiger partial charge in [0.15, 0.2) is 0 Å². The molecule has 1 aromatic heterocycles. The summed E-state index contributed by atoms with van der Waals surface area (Å²) >= 11 is 0. The highest BCUT2D eigenvalue weighted by molar-refractivity contribution is 5.23. The van der Waals surface area contributed by atoms with E-state index in [9.17, 15) is 0 Å². The Morgan fingerprint density at radius 2 is 2.06 bits per heavy atom. The number of hydrogen-bond donors (Lipinski definition) is 1. The van der Waals surface area contributed by atoms with E-state index in [0.29, 0.717) is 5.82 Å². The van der Waals surface area contributed by atoms with E-state index in [2.05, 4.69) is 5.10 Å². The van der Waals surface area contributed by atoms with Gasteiger partial charge in [0, 0.05) is 12.8 Å². The lowest BCUT2D eigenvalue weighted by atomic mass is 10.0. The maximum atomic E-state index is 5.74. The average Bonchev–Trinajstić information content (AvgIpc) is 2.59. The van der Waals surface area contributed by atoms with Gasteiger partial charge < -0.3 is 10.5 Å². The molecule has 4 heteroatoms. The zero-order valence-electron chi connectivity index (χ0n) is 10.5. The third kappa shape index (κ3) is 4.38. The molecule has 2 rings (SSSR count). The van der Waals surface area contributed by atoms with Gasteiger partial charge in [0.1, 0.15) is 5.82 Å². The van der Waals surface area contributed by atoms with Gasteiger partial charge in [0.05, 0.1) is 13.2 Å². The predicted molar refractivity (Wildman–Crippen MR) is 68.7 cm³/mol. The minimum absolute atomic E-state index is 0.578. The summed E-state index contributed by atoms with van der Waals surface area (Å²) in [7, 11) is 0. The zero-order chi connectivity index (χ0) is 11.9. The van der Waals surface area contributed by atoms with Gasteiger partial charge in [-0.2, -0.15) is 5.10 Å². The first-order valence-corrected chi connectivity index (χ1v) is 6.71. The van der Waals surface area contributed by atoms with Crippen LogP contribution in [0.15, 0.2) is 12.3 Å². The zero-order valence-corrected chi connectivity index (χ0v) is 10.5. The second kappa shape index (κ2) is 6.64. The van der Waals surface area contributed by atoms with Gasteiger partial charge in [0.2, 0.25) is 0 Å². The van der Waals surface area contributed by atoms with Crippen LogP contribution in [0.4, 0.5) is 5.82 Å². The Hall–Kier alpha value is -1.03. The van der Waals surface area contributed by atoms with Crippen molar-refractivity contribution >= 4 is 5.82 Å². The first-order valence-electron chi connectivity index (χ1n) is 6.71. The van der Waals surface area contributed by atoms with Crippen molar-refractivity contribution in [1.82, 2.24) is 9.78 Å². The largest absolute Gasteiger partial charge is 0.382 e. The van der Waals surface area contributed by atoms with Gasteiger partial charge in [-0.1, -0.05) is 25.7 Å². The fraction of sp³-hybridized carbons (Fsp3) is 0.769. The molecule has 1 aliphatic carbocycles. The molecule has 0 saturated heterocycles. The van der Waals surface area contributed by atoms with Crippen molar-refractivity contribution in [1.29, 1.82) is 0 Å². The number of nitrogen functional groups attached to an aromatic ring is 1. The first kappa shape index (κ1) is 12.4. The van der Waals surface area contributed by atoms with Crippen molar-refractivity contribution in [2.75, 3.05) is 18.9 Å². The number of anilines is 1. The van der Waals surface area contributed by atoms with E-state index in [4.69, 9.17) is 10.5 Å². The van der Waals surface area contributed by atoms with E-state index in [-0.39, 0.29) is 0 Å². The Morgan fingerprint density at radius 3 is 2.71 bits per heavy atom. The molecule has 0 unspecified atom stereocenters. The molecule has 1 saturated carbocycles. The van der Waals surface area contributed by atoms with Crippen LogP contribution in [0.3, 0.4) is 0 Å². The minimum Gasteiger partial charge on any atom is -0.382 e. The predicted octanol–water partition coefficient (Wildman–Crippen LogP) is 2.45. The van der Waals surface area contributed by atoms with Crippen molar-refractivity contribution in [3.63, 3.8) is 0 Å². The fourth-order valence-corrected chi connectivity index (χ4v) is 2.44. The summed E-state index contributed by atoms with van der Waals surface area (Å²) in [4.78, 5) is 0. The van der Waals surface area contributed by atoms with E-state index in [1.54, 1.807) is 0 Å². The molecular formula is C13H23N3O. The van der Waals surface area contributed by atoms with Crippen LogP contribution < -0.4 is 5.73 Å². The Balaban J connectivity index is 1.59. The van der Waals surface area contributed by atoms with Crippen LogP contribution in [0.25, 0.3) is 0 Å². The molecule has 1 heterocycles. The first-order chi connectivity index (χ1) is 8.34. The van der Waals surface area contributed by atoms with Crippen molar-refractivity contribution in [3.8, 4) is 0 Å². The lowest BCUT2D eigenvalue weighted by Gasteiger charge is -2.14. The number of ether oxygens (including phenoxy) is 1. The van der Waals surface area contributed by atoms with Crippen molar-refractivity contribution in [2.24, 2.45) is 5.92 Å². The Bertz CT molecular complexity index is 316. The summed E-state index contributed by atoms with van der Waals surface area (Å²) < 4.78 is 7.58. The smallest absolute Gasteiger partial charge is 0.145 e. The second-order valence-corrected chi connectivity index (χ2v) is 4.94. The second-order valence-electron chi connectivity index (χ2n) is 4.94. The molecular weight excluding hydrogens is 214 g/mol. The SMILES string of the molecule is Nc1ccn(CCOCC2CCCCCC2)n1. The summed E-state index contributed by atoms with van der Waals surface area (Å²) in [5.41, 5.74) is 5.54. The van der Waals surface area contributed by atoms with Gasteiger partial charge in [-0.25, -0.2) is 0 Å². The van der Waals surface area contributed by atoms with Gasteiger partial charge in [-0.3, -0.25) is 4.68 Å². The molecule has 0 aromatic carbocycles. The van der Waals surface area contributed by atoms with Gasteiger partial charge >= 0.3 is 0 Å². The topological polar surface area (TPSA) is 53.1 Å². The van der Waals surface area contributed by atoms with Crippen molar-refractivity contribution in [3.05, 3.63) is 12.3 Å². The molecule has 0 atom stereocenters. The third-order valence-corrected chi connectivity index (χ3v) is 3.45. The van der Waals surface area contributed by atoms with Crippen LogP contribution in [0.5, 0.6) is 0 Å². The fourth-order valence-electron chi connectivity index (χ4n) is 2.44. The lowest BCUT2D eigenvalue weighted by Crippen LogP contribution is -2.13. The van der Waals surface area contributed by atoms with Crippen LogP contribution in [-0.4, -0.2) is 23.0 Å². The highest BCUT2D eigenvalue weighted by atomic mass is 16.5. The van der Waals surface area contributed by atoms with Crippen LogP contribution in [0, 0.1) is 5.92 Å². The number of nitrogens with two attached hydrogens (primary N) is 1. The van der Waals surface area contributed by atoms with E-state index < -0.39 is 0 Å². The van der Waals surface area contributed by atoms with E-state index in [1.807, 2.05) is 16.9 Å². The van der Waals surface area contributed by atoms with E-state index >= 15 is 0 Å². The standard InChI is InChI=1S/C13H23N3O/c14-13-7-8-16(15-13)9-10-17-11-12-5-3-1-2-4-6-12/h7-8,12H,1-6,9-11H2,(H2,14,15). The van der Waals surface area contributed by atoms with Crippen molar-refractivity contribution < 1.29 is 4.74 Å². The van der Waals surface area contributed by atoms with Crippen molar-refractivity contribution in [2.45, 2.75) is 45.1 Å². The quantitative estimate of drug-likeness (QED) is 0.632. The summed E-state index contributed by atoms with van der Waals surface area (Å²) in [6.45, 7) is 2.44. The van der Waals surface area contributed by atoms with Crippen LogP contribution in [-0.2, 0) is 11.3 Å². The maximum absolute atomic E-state index is 5.74. The number of nitrogens with zero attached hydrogens (tertiary/aromatic N) is 2. The molecule has 1 aromatic rings. The maximum Gasteiger partial charge on any atom is 0.145 e. The van der Waals surface area contributed by atoms with Crippen LogP contribution in [0.2, 0.25) is 0 Å². The van der Waals surface area contributed by atoms with Crippen LogP contribution >= 0.6 is 0 Å². The molecule has 96 valence electrons. The summed E-state index contributed by atoms with van der Waals surface area (Å²) in [6.07, 6.45) is 10.1. The Labute approximate surface area is 103 Å². The number of hydrogen-bond acceptors (Lipinski definition) is 3. The Morgan fingerprint density at radius 1 is 1.29 bits per heavy atom. The van der Waals surface area contributed by atoms with E-state index in [1.165, 1.54) is 38.5 Å². The molecule has 4 nitrogen and oxygen atoms in total. The monoisotopic (exact) mass is 237 g/mol. The molecule has 0 spiro atoms. The molecule has 2 N–H and O–H groups in total. The van der Waals surface area contributed by atoms with Gasteiger partial charge in [-0.15, -0.1) is 0 Å². The molecule has 0 aliphatic heterocycles. The summed E-state index contributed by atoms with van der Waals surface area (Å²) in [5.74, 6) is 1.36. The molecule has 17 heavy (non-hydrogen) atoms. The normalized spacial score (nSPS) is 18.1. The molecule has 0 bridgehead atoms. The third-order valence-electron chi connectivity index (χ3n) is 3.45. The average molecular weight is 237 g/mol. The van der Waals surface area contributed by atoms with Crippen LogP contribution in [0.1, 0.15) is 38.5 Å². The molecule has 1 aliphatic rings. The highest BCUT2D eigenvalue weighted by Gasteiger charge is 2.11. The number of rotatable bonds is 5. The minimum atomic E-state index is 0.578.